The van der Waals surface area contributed by atoms with Crippen LogP contribution in [0.5, 0.6) is 0 Å². The first kappa shape index (κ1) is 14.7. The fourth-order valence-electron chi connectivity index (χ4n) is 2.20. The van der Waals surface area contributed by atoms with E-state index < -0.39 is 6.10 Å². The van der Waals surface area contributed by atoms with Gasteiger partial charge in [-0.05, 0) is 25.5 Å². The Morgan fingerprint density at radius 3 is 3.05 bits per heavy atom. The Hall–Kier alpha value is -1.66. The van der Waals surface area contributed by atoms with Crippen LogP contribution in [0.2, 0.25) is 0 Å². The number of anilines is 1. The molecule has 1 aliphatic heterocycles. The highest BCUT2D eigenvalue weighted by molar-refractivity contribution is 5.85. The number of hydrogen-bond donors (Lipinski definition) is 2. The summed E-state index contributed by atoms with van der Waals surface area (Å²) in [7, 11) is 0. The van der Waals surface area contributed by atoms with Crippen LogP contribution in [-0.2, 0) is 9.53 Å². The molecule has 1 aromatic heterocycles. The van der Waals surface area contributed by atoms with E-state index in [4.69, 9.17) is 4.74 Å². The molecule has 2 unspecified atom stereocenters. The van der Waals surface area contributed by atoms with Gasteiger partial charge in [0, 0.05) is 19.3 Å². The minimum absolute atomic E-state index is 0.0476. The van der Waals surface area contributed by atoms with E-state index in [0.717, 1.165) is 11.4 Å². The molecule has 0 aromatic carbocycles. The Morgan fingerprint density at radius 2 is 2.45 bits per heavy atom. The van der Waals surface area contributed by atoms with Crippen LogP contribution in [0.15, 0.2) is 18.3 Å². The fourth-order valence-corrected chi connectivity index (χ4v) is 2.20. The van der Waals surface area contributed by atoms with E-state index in [9.17, 15) is 9.90 Å². The van der Waals surface area contributed by atoms with Crippen LogP contribution in [0.3, 0.4) is 0 Å². The van der Waals surface area contributed by atoms with Gasteiger partial charge < -0.3 is 20.1 Å². The van der Waals surface area contributed by atoms with E-state index in [2.05, 4.69) is 10.3 Å². The first-order valence-corrected chi connectivity index (χ1v) is 6.89. The lowest BCUT2D eigenvalue weighted by molar-refractivity contribution is -0.124. The summed E-state index contributed by atoms with van der Waals surface area (Å²) in [6, 6.07) is 3.31. The summed E-state index contributed by atoms with van der Waals surface area (Å²) < 4.78 is 5.39. The third-order valence-electron chi connectivity index (χ3n) is 3.33. The molecule has 0 saturated carbocycles. The van der Waals surface area contributed by atoms with E-state index in [1.165, 1.54) is 0 Å². The average molecular weight is 279 g/mol. The van der Waals surface area contributed by atoms with Crippen molar-refractivity contribution in [1.82, 2.24) is 10.3 Å². The molecule has 1 saturated heterocycles. The molecule has 0 spiro atoms. The van der Waals surface area contributed by atoms with Crippen molar-refractivity contribution in [1.29, 1.82) is 0 Å². The van der Waals surface area contributed by atoms with E-state index in [-0.39, 0.29) is 11.9 Å². The molecule has 2 N–H and O–H groups in total. The molecule has 1 amide bonds. The molecule has 2 heterocycles. The zero-order chi connectivity index (χ0) is 14.5. The molecule has 1 aromatic rings. The lowest BCUT2D eigenvalue weighted by Gasteiger charge is -2.35. The van der Waals surface area contributed by atoms with E-state index in [1.54, 1.807) is 13.1 Å². The van der Waals surface area contributed by atoms with Gasteiger partial charge >= 0.3 is 0 Å². The van der Waals surface area contributed by atoms with Crippen molar-refractivity contribution in [2.24, 2.45) is 0 Å². The molecule has 20 heavy (non-hydrogen) atoms. The molecule has 6 heteroatoms. The monoisotopic (exact) mass is 279 g/mol. The second-order valence-electron chi connectivity index (χ2n) is 4.80. The number of likely N-dealkylation sites (N-methyl/N-ethyl adjacent to an activating group) is 1. The molecular formula is C14H21N3O3. The average Bonchev–Trinajstić information content (AvgIpc) is 2.47. The fraction of sp³-hybridized carbons (Fsp3) is 0.571. The number of pyridine rings is 1. The number of aliphatic hydroxyl groups is 1. The van der Waals surface area contributed by atoms with Crippen LogP contribution in [0.4, 0.5) is 5.82 Å². The summed E-state index contributed by atoms with van der Waals surface area (Å²) in [4.78, 5) is 18.3. The molecule has 6 nitrogen and oxygen atoms in total. The van der Waals surface area contributed by atoms with Crippen LogP contribution < -0.4 is 10.2 Å². The van der Waals surface area contributed by atoms with Gasteiger partial charge in [0.25, 0.3) is 0 Å². The molecule has 0 bridgehead atoms. The van der Waals surface area contributed by atoms with Crippen LogP contribution in [-0.4, -0.2) is 48.3 Å². The maximum absolute atomic E-state index is 12.1. The van der Waals surface area contributed by atoms with Crippen LogP contribution in [0, 0.1) is 0 Å². The third-order valence-corrected chi connectivity index (χ3v) is 3.33. The van der Waals surface area contributed by atoms with Crippen molar-refractivity contribution in [3.05, 3.63) is 23.9 Å². The number of amides is 1. The number of morpholine rings is 1. The van der Waals surface area contributed by atoms with E-state index >= 15 is 0 Å². The number of rotatable bonds is 4. The number of nitrogens with zero attached hydrogens (tertiary/aromatic N) is 2. The van der Waals surface area contributed by atoms with E-state index in [0.29, 0.717) is 26.3 Å². The first-order chi connectivity index (χ1) is 9.63. The van der Waals surface area contributed by atoms with Crippen molar-refractivity contribution in [2.45, 2.75) is 26.0 Å². The van der Waals surface area contributed by atoms with Gasteiger partial charge in [0.15, 0.2) is 0 Å². The second-order valence-corrected chi connectivity index (χ2v) is 4.80. The maximum Gasteiger partial charge on any atom is 0.245 e. The second kappa shape index (κ2) is 6.67. The Morgan fingerprint density at radius 1 is 1.65 bits per heavy atom. The molecular weight excluding hydrogens is 258 g/mol. The highest BCUT2D eigenvalue weighted by atomic mass is 16.5. The lowest BCUT2D eigenvalue weighted by Crippen LogP contribution is -2.54. The summed E-state index contributed by atoms with van der Waals surface area (Å²) in [5.74, 6) is 0.683. The minimum atomic E-state index is -0.541. The largest absolute Gasteiger partial charge is 0.389 e. The number of ether oxygens (including phenoxy) is 1. The zero-order valence-electron chi connectivity index (χ0n) is 11.9. The van der Waals surface area contributed by atoms with Crippen molar-refractivity contribution in [3.8, 4) is 0 Å². The zero-order valence-corrected chi connectivity index (χ0v) is 11.9. The Labute approximate surface area is 118 Å². The molecule has 1 aliphatic rings. The number of carbonyl (C=O) groups excluding carboxylic acids is 1. The Kier molecular flexibility index (Phi) is 4.92. The SMILES string of the molecule is CCNC(=O)C1COCCN1c1ccc(C(C)O)cn1. The number of aliphatic hydroxyl groups excluding tert-OH is 1. The maximum atomic E-state index is 12.1. The molecule has 0 radical (unpaired) electrons. The Balaban J connectivity index is 2.16. The van der Waals surface area contributed by atoms with Gasteiger partial charge in [-0.2, -0.15) is 0 Å². The van der Waals surface area contributed by atoms with E-state index in [1.807, 2.05) is 24.0 Å². The summed E-state index contributed by atoms with van der Waals surface area (Å²) in [5, 5.41) is 12.3. The molecule has 2 atom stereocenters. The predicted molar refractivity (Wildman–Crippen MR) is 75.5 cm³/mol. The van der Waals surface area contributed by atoms with Gasteiger partial charge in [0.2, 0.25) is 5.91 Å². The number of aromatic nitrogens is 1. The third kappa shape index (κ3) is 3.26. The quantitative estimate of drug-likeness (QED) is 0.838. The summed E-state index contributed by atoms with van der Waals surface area (Å²) in [5.41, 5.74) is 0.761. The van der Waals surface area contributed by atoms with Gasteiger partial charge in [-0.15, -0.1) is 0 Å². The van der Waals surface area contributed by atoms with Crippen molar-refractivity contribution in [3.63, 3.8) is 0 Å². The smallest absolute Gasteiger partial charge is 0.245 e. The summed E-state index contributed by atoms with van der Waals surface area (Å²) in [6.07, 6.45) is 1.10. The molecule has 1 fully saturated rings. The number of carbonyl (C=O) groups is 1. The first-order valence-electron chi connectivity index (χ1n) is 6.89. The molecule has 0 aliphatic carbocycles. The molecule has 110 valence electrons. The van der Waals surface area contributed by atoms with Gasteiger partial charge in [0.1, 0.15) is 11.9 Å². The van der Waals surface area contributed by atoms with Crippen molar-refractivity contribution >= 4 is 11.7 Å². The van der Waals surface area contributed by atoms with Gasteiger partial charge in [0.05, 0.1) is 19.3 Å². The Bertz CT molecular complexity index is 447. The van der Waals surface area contributed by atoms with Gasteiger partial charge in [-0.3, -0.25) is 4.79 Å². The van der Waals surface area contributed by atoms with Crippen LogP contribution in [0.25, 0.3) is 0 Å². The standard InChI is InChI=1S/C14H21N3O3/c1-3-15-14(19)12-9-20-7-6-17(12)13-5-4-11(8-16-13)10(2)18/h4-5,8,10,12,18H,3,6-7,9H2,1-2H3,(H,15,19). The number of hydrogen-bond acceptors (Lipinski definition) is 5. The van der Waals surface area contributed by atoms with Gasteiger partial charge in [-0.1, -0.05) is 6.07 Å². The molecule has 2 rings (SSSR count). The number of nitrogens with one attached hydrogen (secondary N) is 1. The normalized spacial score (nSPS) is 20.6. The summed E-state index contributed by atoms with van der Waals surface area (Å²) >= 11 is 0. The highest BCUT2D eigenvalue weighted by Gasteiger charge is 2.30. The van der Waals surface area contributed by atoms with Crippen LogP contribution >= 0.6 is 0 Å². The van der Waals surface area contributed by atoms with Gasteiger partial charge in [-0.25, -0.2) is 4.98 Å². The van der Waals surface area contributed by atoms with Crippen molar-refractivity contribution in [2.75, 3.05) is 31.2 Å². The van der Waals surface area contributed by atoms with Crippen molar-refractivity contribution < 1.29 is 14.6 Å². The highest BCUT2D eigenvalue weighted by Crippen LogP contribution is 2.19. The lowest BCUT2D eigenvalue weighted by atomic mass is 10.1. The predicted octanol–water partition coefficient (Wildman–Crippen LogP) is 0.476. The summed E-state index contributed by atoms with van der Waals surface area (Å²) in [6.45, 7) is 5.76. The topological polar surface area (TPSA) is 74.7 Å². The van der Waals surface area contributed by atoms with Crippen LogP contribution in [0.1, 0.15) is 25.5 Å². The minimum Gasteiger partial charge on any atom is -0.389 e.